The number of urea groups is 1. The molecule has 80 valence electrons. The second-order valence-corrected chi connectivity index (χ2v) is 3.84. The van der Waals surface area contributed by atoms with Gasteiger partial charge in [0, 0.05) is 18.9 Å². The Hall–Kier alpha value is -1.06. The molecule has 0 heterocycles. The van der Waals surface area contributed by atoms with Gasteiger partial charge in [0.15, 0.2) is 0 Å². The molecule has 1 fully saturated rings. The minimum Gasteiger partial charge on any atom is -0.352 e. The van der Waals surface area contributed by atoms with E-state index < -0.39 is 6.03 Å². The largest absolute Gasteiger partial charge is 0.352 e. The zero-order valence-electron chi connectivity index (χ0n) is 8.42. The Labute approximate surface area is 84.2 Å². The highest BCUT2D eigenvalue weighted by atomic mass is 16.2. The van der Waals surface area contributed by atoms with Crippen LogP contribution in [0.4, 0.5) is 4.79 Å². The first kappa shape index (κ1) is 11.0. The molecule has 1 aliphatic rings. The lowest BCUT2D eigenvalue weighted by Gasteiger charge is -2.19. The third-order valence-corrected chi connectivity index (χ3v) is 2.71. The van der Waals surface area contributed by atoms with E-state index in [-0.39, 0.29) is 5.92 Å². The van der Waals surface area contributed by atoms with Crippen LogP contribution >= 0.6 is 0 Å². The van der Waals surface area contributed by atoms with Crippen LogP contribution in [0.3, 0.4) is 0 Å². The van der Waals surface area contributed by atoms with E-state index in [0.29, 0.717) is 12.3 Å². The molecule has 1 unspecified atom stereocenters. The van der Waals surface area contributed by atoms with E-state index >= 15 is 0 Å². The molecule has 4 nitrogen and oxygen atoms in total. The van der Waals surface area contributed by atoms with Gasteiger partial charge in [0.2, 0.25) is 0 Å². The fourth-order valence-electron chi connectivity index (χ4n) is 1.92. The first-order valence-electron chi connectivity index (χ1n) is 5.26. The van der Waals surface area contributed by atoms with Gasteiger partial charge in [0.05, 0.1) is 0 Å². The summed E-state index contributed by atoms with van der Waals surface area (Å²) in [6.07, 6.45) is 5.72. The molecule has 0 aliphatic heterocycles. The molecule has 0 bridgehead atoms. The number of nitrogens with one attached hydrogen (secondary N) is 1. The van der Waals surface area contributed by atoms with Crippen molar-refractivity contribution in [3.05, 3.63) is 0 Å². The summed E-state index contributed by atoms with van der Waals surface area (Å²) in [6.45, 7) is 0.582. The summed E-state index contributed by atoms with van der Waals surface area (Å²) in [4.78, 5) is 21.8. The van der Waals surface area contributed by atoms with Crippen molar-refractivity contribution < 1.29 is 9.59 Å². The molecular weight excluding hydrogens is 180 g/mol. The van der Waals surface area contributed by atoms with Gasteiger partial charge in [-0.25, -0.2) is 4.79 Å². The standard InChI is InChI=1S/C10H18N2O2/c11-10(14)12-7-3-5-8-4-1-2-6-9(8)13/h8H,1-7H2,(H3,11,12,14). The number of carbonyl (C=O) groups excluding carboxylic acids is 2. The lowest BCUT2D eigenvalue weighted by Crippen LogP contribution is -2.30. The molecule has 1 saturated carbocycles. The maximum Gasteiger partial charge on any atom is 0.312 e. The fourth-order valence-corrected chi connectivity index (χ4v) is 1.92. The van der Waals surface area contributed by atoms with Crippen LogP contribution in [0, 0.1) is 5.92 Å². The predicted octanol–water partition coefficient (Wildman–Crippen LogP) is 1.19. The van der Waals surface area contributed by atoms with Crippen molar-refractivity contribution in [1.82, 2.24) is 5.32 Å². The van der Waals surface area contributed by atoms with E-state index in [1.165, 1.54) is 6.42 Å². The monoisotopic (exact) mass is 198 g/mol. The third-order valence-electron chi connectivity index (χ3n) is 2.71. The summed E-state index contributed by atoms with van der Waals surface area (Å²) in [6, 6.07) is -0.486. The number of ketones is 1. The first-order valence-corrected chi connectivity index (χ1v) is 5.26. The fraction of sp³-hybridized carbons (Fsp3) is 0.800. The number of hydrogen-bond acceptors (Lipinski definition) is 2. The summed E-state index contributed by atoms with van der Waals surface area (Å²) >= 11 is 0. The summed E-state index contributed by atoms with van der Waals surface area (Å²) in [5, 5.41) is 2.53. The third kappa shape index (κ3) is 3.77. The van der Waals surface area contributed by atoms with Crippen LogP contribution in [0.25, 0.3) is 0 Å². The normalized spacial score (nSPS) is 22.0. The number of nitrogens with two attached hydrogens (primary N) is 1. The van der Waals surface area contributed by atoms with Gasteiger partial charge in [0.25, 0.3) is 0 Å². The molecule has 0 saturated heterocycles. The Morgan fingerprint density at radius 2 is 2.29 bits per heavy atom. The molecule has 4 heteroatoms. The van der Waals surface area contributed by atoms with Crippen LogP contribution < -0.4 is 11.1 Å². The second kappa shape index (κ2) is 5.62. The topological polar surface area (TPSA) is 72.2 Å². The van der Waals surface area contributed by atoms with E-state index in [2.05, 4.69) is 5.32 Å². The van der Waals surface area contributed by atoms with Crippen LogP contribution in [0.2, 0.25) is 0 Å². The second-order valence-electron chi connectivity index (χ2n) is 3.84. The average Bonchev–Trinajstić information content (AvgIpc) is 2.15. The number of rotatable bonds is 4. The molecule has 14 heavy (non-hydrogen) atoms. The zero-order valence-corrected chi connectivity index (χ0v) is 8.42. The van der Waals surface area contributed by atoms with Crippen molar-refractivity contribution in [2.75, 3.05) is 6.54 Å². The predicted molar refractivity (Wildman–Crippen MR) is 53.8 cm³/mol. The maximum atomic E-state index is 11.4. The highest BCUT2D eigenvalue weighted by Crippen LogP contribution is 2.24. The molecule has 1 aliphatic carbocycles. The Morgan fingerprint density at radius 3 is 2.93 bits per heavy atom. The molecule has 0 aromatic carbocycles. The van der Waals surface area contributed by atoms with Gasteiger partial charge in [-0.05, 0) is 25.7 Å². The smallest absolute Gasteiger partial charge is 0.312 e. The minimum atomic E-state index is -0.486. The van der Waals surface area contributed by atoms with Crippen molar-refractivity contribution in [1.29, 1.82) is 0 Å². The zero-order chi connectivity index (χ0) is 10.4. The van der Waals surface area contributed by atoms with E-state index in [9.17, 15) is 9.59 Å². The van der Waals surface area contributed by atoms with Gasteiger partial charge in [-0.3, -0.25) is 4.79 Å². The summed E-state index contributed by atoms with van der Waals surface area (Å²) in [7, 11) is 0. The molecule has 0 radical (unpaired) electrons. The molecular formula is C10H18N2O2. The summed E-state index contributed by atoms with van der Waals surface area (Å²) in [5.74, 6) is 0.633. The van der Waals surface area contributed by atoms with Crippen LogP contribution in [-0.2, 0) is 4.79 Å². The van der Waals surface area contributed by atoms with Crippen LogP contribution in [0.15, 0.2) is 0 Å². The number of hydrogen-bond donors (Lipinski definition) is 2. The Morgan fingerprint density at radius 1 is 1.50 bits per heavy atom. The van der Waals surface area contributed by atoms with E-state index in [0.717, 1.165) is 32.1 Å². The maximum absolute atomic E-state index is 11.4. The van der Waals surface area contributed by atoms with Crippen molar-refractivity contribution in [2.24, 2.45) is 11.7 Å². The van der Waals surface area contributed by atoms with Crippen molar-refractivity contribution >= 4 is 11.8 Å². The van der Waals surface area contributed by atoms with Crippen LogP contribution in [0.5, 0.6) is 0 Å². The highest BCUT2D eigenvalue weighted by molar-refractivity contribution is 5.81. The van der Waals surface area contributed by atoms with Gasteiger partial charge in [-0.1, -0.05) is 6.42 Å². The Balaban J connectivity index is 2.10. The van der Waals surface area contributed by atoms with E-state index in [1.807, 2.05) is 0 Å². The molecule has 1 atom stereocenters. The number of primary amides is 1. The Kier molecular flexibility index (Phi) is 4.43. The van der Waals surface area contributed by atoms with Crippen molar-refractivity contribution in [3.63, 3.8) is 0 Å². The van der Waals surface area contributed by atoms with Gasteiger partial charge in [-0.15, -0.1) is 0 Å². The summed E-state index contributed by atoms with van der Waals surface area (Å²) in [5.41, 5.74) is 4.92. The molecule has 2 amide bonds. The van der Waals surface area contributed by atoms with Gasteiger partial charge < -0.3 is 11.1 Å². The molecule has 0 aromatic rings. The molecule has 1 rings (SSSR count). The first-order chi connectivity index (χ1) is 6.70. The van der Waals surface area contributed by atoms with E-state index in [4.69, 9.17) is 5.73 Å². The highest BCUT2D eigenvalue weighted by Gasteiger charge is 2.21. The van der Waals surface area contributed by atoms with Gasteiger partial charge in [-0.2, -0.15) is 0 Å². The average molecular weight is 198 g/mol. The van der Waals surface area contributed by atoms with Crippen LogP contribution in [-0.4, -0.2) is 18.4 Å². The van der Waals surface area contributed by atoms with Gasteiger partial charge in [0.1, 0.15) is 5.78 Å². The Bertz CT molecular complexity index is 216. The molecule has 0 spiro atoms. The molecule has 0 aromatic heterocycles. The van der Waals surface area contributed by atoms with Crippen molar-refractivity contribution in [3.8, 4) is 0 Å². The minimum absolute atomic E-state index is 0.235. The number of carbonyl (C=O) groups is 2. The quantitative estimate of drug-likeness (QED) is 0.666. The summed E-state index contributed by atoms with van der Waals surface area (Å²) < 4.78 is 0. The SMILES string of the molecule is NC(=O)NCCCC1CCCCC1=O. The van der Waals surface area contributed by atoms with Crippen molar-refractivity contribution in [2.45, 2.75) is 38.5 Å². The number of Topliss-reactive ketones (excluding diaryl/α,β-unsaturated/α-hetero) is 1. The number of amides is 2. The molecule has 3 N–H and O–H groups in total. The van der Waals surface area contributed by atoms with E-state index in [1.54, 1.807) is 0 Å². The van der Waals surface area contributed by atoms with Gasteiger partial charge >= 0.3 is 6.03 Å². The van der Waals surface area contributed by atoms with Crippen LogP contribution in [0.1, 0.15) is 38.5 Å². The lowest BCUT2D eigenvalue weighted by atomic mass is 9.85. The lowest BCUT2D eigenvalue weighted by molar-refractivity contribution is -0.124.